The fraction of sp³-hybridized carbons (Fsp3) is 0.353. The van der Waals surface area contributed by atoms with E-state index in [0.717, 1.165) is 13.0 Å². The van der Waals surface area contributed by atoms with E-state index in [2.05, 4.69) is 10.2 Å². The highest BCUT2D eigenvalue weighted by molar-refractivity contribution is 7.94. The molecule has 25 heavy (non-hydrogen) atoms. The molecule has 0 saturated carbocycles. The molecular formula is C17H23N3O3S2. The second kappa shape index (κ2) is 8.46. The number of thiophene rings is 1. The van der Waals surface area contributed by atoms with Crippen molar-refractivity contribution >= 4 is 33.0 Å². The Morgan fingerprint density at radius 3 is 2.36 bits per heavy atom. The van der Waals surface area contributed by atoms with Gasteiger partial charge in [-0.3, -0.25) is 9.10 Å². The van der Waals surface area contributed by atoms with E-state index < -0.39 is 10.0 Å². The fourth-order valence-electron chi connectivity index (χ4n) is 2.21. The predicted octanol–water partition coefficient (Wildman–Crippen LogP) is 2.25. The van der Waals surface area contributed by atoms with Crippen molar-refractivity contribution < 1.29 is 13.2 Å². The van der Waals surface area contributed by atoms with Crippen molar-refractivity contribution in [1.82, 2.24) is 10.2 Å². The summed E-state index contributed by atoms with van der Waals surface area (Å²) in [4.78, 5) is 14.2. The zero-order chi connectivity index (χ0) is 18.4. The van der Waals surface area contributed by atoms with E-state index in [1.165, 1.54) is 22.7 Å². The smallest absolute Gasteiger partial charge is 0.273 e. The van der Waals surface area contributed by atoms with Gasteiger partial charge in [0.05, 0.1) is 5.69 Å². The molecule has 0 aliphatic heterocycles. The van der Waals surface area contributed by atoms with Crippen molar-refractivity contribution in [3.63, 3.8) is 0 Å². The summed E-state index contributed by atoms with van der Waals surface area (Å²) in [6, 6.07) is 9.83. The molecule has 0 fully saturated rings. The molecule has 8 heteroatoms. The van der Waals surface area contributed by atoms with Crippen LogP contribution in [0.1, 0.15) is 16.8 Å². The molecule has 1 N–H and O–H groups in total. The molecule has 6 nitrogen and oxygen atoms in total. The molecule has 136 valence electrons. The fourth-order valence-corrected chi connectivity index (χ4v) is 4.56. The van der Waals surface area contributed by atoms with E-state index in [1.54, 1.807) is 41.8 Å². The second-order valence-electron chi connectivity index (χ2n) is 5.86. The van der Waals surface area contributed by atoms with Crippen molar-refractivity contribution in [2.24, 2.45) is 0 Å². The van der Waals surface area contributed by atoms with E-state index >= 15 is 0 Å². The molecule has 1 aromatic carbocycles. The van der Waals surface area contributed by atoms with Gasteiger partial charge in [0.15, 0.2) is 0 Å². The Labute approximate surface area is 153 Å². The number of hydrogen-bond donors (Lipinski definition) is 1. The highest BCUT2D eigenvalue weighted by Gasteiger charge is 2.22. The molecular weight excluding hydrogens is 358 g/mol. The Balaban J connectivity index is 2.01. The molecule has 1 amide bonds. The lowest BCUT2D eigenvalue weighted by Crippen LogP contribution is -2.27. The Hall–Kier alpha value is -1.90. The Morgan fingerprint density at radius 2 is 1.80 bits per heavy atom. The van der Waals surface area contributed by atoms with Crippen LogP contribution >= 0.6 is 11.3 Å². The third kappa shape index (κ3) is 5.04. The molecule has 0 unspecified atom stereocenters. The van der Waals surface area contributed by atoms with E-state index in [9.17, 15) is 13.2 Å². The highest BCUT2D eigenvalue weighted by atomic mass is 32.2. The van der Waals surface area contributed by atoms with Gasteiger partial charge in [-0.1, -0.05) is 6.07 Å². The zero-order valence-corrected chi connectivity index (χ0v) is 16.2. The first kappa shape index (κ1) is 19.4. The second-order valence-corrected chi connectivity index (χ2v) is 9.01. The monoisotopic (exact) mass is 381 g/mol. The summed E-state index contributed by atoms with van der Waals surface area (Å²) in [6.45, 7) is 1.51. The van der Waals surface area contributed by atoms with Crippen LogP contribution < -0.4 is 9.62 Å². The first-order valence-electron chi connectivity index (χ1n) is 7.88. The lowest BCUT2D eigenvalue weighted by atomic mass is 10.2. The van der Waals surface area contributed by atoms with E-state index in [0.29, 0.717) is 17.8 Å². The van der Waals surface area contributed by atoms with Gasteiger partial charge in [-0.05, 0) is 62.8 Å². The van der Waals surface area contributed by atoms with Crippen LogP contribution in [0.5, 0.6) is 0 Å². The van der Waals surface area contributed by atoms with Gasteiger partial charge >= 0.3 is 0 Å². The molecule has 0 saturated heterocycles. The number of nitrogens with one attached hydrogen (secondary N) is 1. The van der Waals surface area contributed by atoms with Crippen LogP contribution in [0.25, 0.3) is 0 Å². The van der Waals surface area contributed by atoms with E-state index in [1.807, 2.05) is 14.1 Å². The molecule has 1 aromatic heterocycles. The number of nitrogens with zero attached hydrogens (tertiary/aromatic N) is 2. The third-order valence-electron chi connectivity index (χ3n) is 3.67. The molecule has 0 aliphatic rings. The molecule has 0 radical (unpaired) electrons. The molecule has 0 atom stereocenters. The summed E-state index contributed by atoms with van der Waals surface area (Å²) in [7, 11) is 1.92. The van der Waals surface area contributed by atoms with Crippen LogP contribution in [-0.2, 0) is 10.0 Å². The number of benzene rings is 1. The number of sulfonamides is 1. The minimum atomic E-state index is -3.56. The van der Waals surface area contributed by atoms with Gasteiger partial charge < -0.3 is 10.2 Å². The molecule has 2 aromatic rings. The minimum absolute atomic E-state index is 0.158. The highest BCUT2D eigenvalue weighted by Crippen LogP contribution is 2.25. The molecule has 0 bridgehead atoms. The Bertz CT molecular complexity index is 785. The SMILES string of the molecule is CN(C)CCCNC(=O)c1ccc(N(C)S(=O)(=O)c2cccs2)cc1. The van der Waals surface area contributed by atoms with Gasteiger partial charge in [-0.2, -0.15) is 0 Å². The molecule has 0 aliphatic carbocycles. The van der Waals surface area contributed by atoms with Crippen LogP contribution in [0.3, 0.4) is 0 Å². The number of anilines is 1. The zero-order valence-electron chi connectivity index (χ0n) is 14.6. The molecule has 0 spiro atoms. The average molecular weight is 382 g/mol. The maximum atomic E-state index is 12.5. The van der Waals surface area contributed by atoms with Gasteiger partial charge in [-0.15, -0.1) is 11.3 Å². The van der Waals surface area contributed by atoms with Gasteiger partial charge in [0.1, 0.15) is 4.21 Å². The lowest BCUT2D eigenvalue weighted by Gasteiger charge is -2.18. The number of carbonyl (C=O) groups excluding carboxylic acids is 1. The summed E-state index contributed by atoms with van der Waals surface area (Å²) < 4.78 is 26.5. The van der Waals surface area contributed by atoms with Gasteiger partial charge in [-0.25, -0.2) is 8.42 Å². The van der Waals surface area contributed by atoms with Crippen molar-refractivity contribution in [3.05, 3.63) is 47.3 Å². The molecule has 2 rings (SSSR count). The maximum absolute atomic E-state index is 12.5. The van der Waals surface area contributed by atoms with Gasteiger partial charge in [0.2, 0.25) is 0 Å². The van der Waals surface area contributed by atoms with E-state index in [4.69, 9.17) is 0 Å². The van der Waals surface area contributed by atoms with Gasteiger partial charge in [0, 0.05) is 19.2 Å². The number of rotatable bonds is 8. The summed E-state index contributed by atoms with van der Waals surface area (Å²) in [5, 5.41) is 4.59. The number of carbonyl (C=O) groups is 1. The van der Waals surface area contributed by atoms with Crippen molar-refractivity contribution in [1.29, 1.82) is 0 Å². The number of amides is 1. The lowest BCUT2D eigenvalue weighted by molar-refractivity contribution is 0.0952. The summed E-state index contributed by atoms with van der Waals surface area (Å²) in [6.07, 6.45) is 0.874. The quantitative estimate of drug-likeness (QED) is 0.712. The van der Waals surface area contributed by atoms with Crippen LogP contribution in [0.15, 0.2) is 46.0 Å². The Kier molecular flexibility index (Phi) is 6.57. The summed E-state index contributed by atoms with van der Waals surface area (Å²) >= 11 is 1.18. The van der Waals surface area contributed by atoms with Crippen LogP contribution in [-0.4, -0.2) is 53.5 Å². The van der Waals surface area contributed by atoms with Crippen LogP contribution in [0.2, 0.25) is 0 Å². The van der Waals surface area contributed by atoms with Crippen molar-refractivity contribution in [2.45, 2.75) is 10.6 Å². The summed E-state index contributed by atoms with van der Waals surface area (Å²) in [5.41, 5.74) is 1.02. The largest absolute Gasteiger partial charge is 0.352 e. The van der Waals surface area contributed by atoms with Crippen molar-refractivity contribution in [2.75, 3.05) is 38.5 Å². The van der Waals surface area contributed by atoms with Crippen molar-refractivity contribution in [3.8, 4) is 0 Å². The summed E-state index contributed by atoms with van der Waals surface area (Å²) in [5.74, 6) is -0.158. The predicted molar refractivity (Wildman–Crippen MR) is 102 cm³/mol. The third-order valence-corrected chi connectivity index (χ3v) is 6.83. The first-order valence-corrected chi connectivity index (χ1v) is 10.2. The normalized spacial score (nSPS) is 11.5. The Morgan fingerprint density at radius 1 is 1.12 bits per heavy atom. The van der Waals surface area contributed by atoms with Gasteiger partial charge in [0.25, 0.3) is 15.9 Å². The number of hydrogen-bond acceptors (Lipinski definition) is 5. The first-order chi connectivity index (χ1) is 11.8. The molecule has 1 heterocycles. The average Bonchev–Trinajstić information content (AvgIpc) is 3.13. The standard InChI is InChI=1S/C17H23N3O3S2/c1-19(2)12-5-11-18-17(21)14-7-9-15(10-8-14)20(3)25(22,23)16-6-4-13-24-16/h4,6-10,13H,5,11-12H2,1-3H3,(H,18,21). The topological polar surface area (TPSA) is 69.7 Å². The van der Waals surface area contributed by atoms with Crippen LogP contribution in [0, 0.1) is 0 Å². The van der Waals surface area contributed by atoms with Crippen LogP contribution in [0.4, 0.5) is 5.69 Å². The minimum Gasteiger partial charge on any atom is -0.352 e. The van der Waals surface area contributed by atoms with E-state index in [-0.39, 0.29) is 10.1 Å². The maximum Gasteiger partial charge on any atom is 0.273 e.